The first-order valence-corrected chi connectivity index (χ1v) is 9.54. The Kier molecular flexibility index (Phi) is 6.45. The Labute approximate surface area is 165 Å². The zero-order valence-electron chi connectivity index (χ0n) is 14.7. The first-order valence-electron chi connectivity index (χ1n) is 8.74. The van der Waals surface area contributed by atoms with Crippen LogP contribution in [-0.2, 0) is 9.59 Å². The van der Waals surface area contributed by atoms with Crippen molar-refractivity contribution in [2.45, 2.75) is 12.8 Å². The van der Waals surface area contributed by atoms with Crippen molar-refractivity contribution >= 4 is 33.4 Å². The summed E-state index contributed by atoms with van der Waals surface area (Å²) in [6, 6.07) is 13.6. The predicted molar refractivity (Wildman–Crippen MR) is 104 cm³/mol. The highest BCUT2D eigenvalue weighted by molar-refractivity contribution is 9.10. The van der Waals surface area contributed by atoms with Crippen LogP contribution in [0.3, 0.4) is 0 Å². The summed E-state index contributed by atoms with van der Waals surface area (Å²) in [6.45, 7) is 0.648. The van der Waals surface area contributed by atoms with Crippen molar-refractivity contribution in [3.05, 3.63) is 58.8 Å². The van der Waals surface area contributed by atoms with Gasteiger partial charge in [-0.2, -0.15) is 0 Å². The maximum Gasteiger partial charge on any atom is 0.260 e. The molecule has 0 aromatic heterocycles. The van der Waals surface area contributed by atoms with Crippen molar-refractivity contribution in [1.82, 2.24) is 4.90 Å². The van der Waals surface area contributed by atoms with E-state index in [-0.39, 0.29) is 30.1 Å². The number of nitrogens with zero attached hydrogens (tertiary/aromatic N) is 1. The molecule has 1 aliphatic heterocycles. The van der Waals surface area contributed by atoms with Gasteiger partial charge in [0.15, 0.2) is 18.2 Å². The molecule has 0 saturated carbocycles. The molecule has 142 valence electrons. The summed E-state index contributed by atoms with van der Waals surface area (Å²) >= 11 is 3.17. The van der Waals surface area contributed by atoms with Crippen molar-refractivity contribution < 1.29 is 18.7 Å². The summed E-state index contributed by atoms with van der Waals surface area (Å²) in [5, 5.41) is 2.88. The van der Waals surface area contributed by atoms with Crippen molar-refractivity contribution in [1.29, 1.82) is 0 Å². The molecule has 2 aromatic carbocycles. The van der Waals surface area contributed by atoms with Crippen LogP contribution < -0.4 is 10.1 Å². The number of piperidine rings is 1. The second kappa shape index (κ2) is 8.99. The van der Waals surface area contributed by atoms with Gasteiger partial charge in [-0.1, -0.05) is 34.1 Å². The number of para-hydroxylation sites is 1. The van der Waals surface area contributed by atoms with E-state index >= 15 is 0 Å². The Morgan fingerprint density at radius 2 is 2.00 bits per heavy atom. The quantitative estimate of drug-likeness (QED) is 0.777. The Bertz CT molecular complexity index is 816. The molecule has 0 spiro atoms. The van der Waals surface area contributed by atoms with Gasteiger partial charge in [-0.05, 0) is 43.2 Å². The average molecular weight is 435 g/mol. The molecule has 1 N–H and O–H groups in total. The number of hydrogen-bond donors (Lipinski definition) is 1. The highest BCUT2D eigenvalue weighted by Crippen LogP contribution is 2.22. The first kappa shape index (κ1) is 19.4. The molecule has 0 unspecified atom stereocenters. The monoisotopic (exact) mass is 434 g/mol. The molecule has 2 amide bonds. The highest BCUT2D eigenvalue weighted by Gasteiger charge is 2.28. The first-order chi connectivity index (χ1) is 13.0. The average Bonchev–Trinajstić information content (AvgIpc) is 2.68. The molecule has 5 nitrogen and oxygen atoms in total. The number of rotatable bonds is 5. The SMILES string of the molecule is O=C(Nc1ccccc1)[C@@H]1CCCN(C(=O)COc2ccc(Br)cc2F)C1. The number of nitrogens with one attached hydrogen (secondary N) is 1. The lowest BCUT2D eigenvalue weighted by Crippen LogP contribution is -2.45. The molecule has 0 aliphatic carbocycles. The Hall–Kier alpha value is -2.41. The van der Waals surface area contributed by atoms with E-state index in [0.29, 0.717) is 17.6 Å². The molecular formula is C20H20BrFN2O3. The number of ether oxygens (including phenoxy) is 1. The Morgan fingerprint density at radius 1 is 1.22 bits per heavy atom. The van der Waals surface area contributed by atoms with Gasteiger partial charge in [0.2, 0.25) is 5.91 Å². The van der Waals surface area contributed by atoms with Gasteiger partial charge >= 0.3 is 0 Å². The molecule has 1 atom stereocenters. The Balaban J connectivity index is 1.53. The van der Waals surface area contributed by atoms with Gasteiger partial charge in [0.05, 0.1) is 5.92 Å². The third-order valence-corrected chi connectivity index (χ3v) is 4.92. The zero-order chi connectivity index (χ0) is 19.2. The van der Waals surface area contributed by atoms with E-state index in [0.717, 1.165) is 18.5 Å². The van der Waals surface area contributed by atoms with Crippen LogP contribution in [0.5, 0.6) is 5.75 Å². The molecule has 7 heteroatoms. The smallest absolute Gasteiger partial charge is 0.260 e. The van der Waals surface area contributed by atoms with Gasteiger partial charge in [-0.3, -0.25) is 9.59 Å². The van der Waals surface area contributed by atoms with Crippen molar-refractivity contribution in [3.8, 4) is 5.75 Å². The van der Waals surface area contributed by atoms with Crippen molar-refractivity contribution in [2.75, 3.05) is 25.0 Å². The third-order valence-electron chi connectivity index (χ3n) is 4.43. The zero-order valence-corrected chi connectivity index (χ0v) is 16.2. The van der Waals surface area contributed by atoms with Gasteiger partial charge < -0.3 is 15.0 Å². The lowest BCUT2D eigenvalue weighted by molar-refractivity contribution is -0.136. The number of hydrogen-bond acceptors (Lipinski definition) is 3. The number of benzene rings is 2. The summed E-state index contributed by atoms with van der Waals surface area (Å²) in [5.41, 5.74) is 0.736. The molecule has 1 aliphatic rings. The highest BCUT2D eigenvalue weighted by atomic mass is 79.9. The van der Waals surface area contributed by atoms with E-state index < -0.39 is 5.82 Å². The van der Waals surface area contributed by atoms with E-state index in [2.05, 4.69) is 21.2 Å². The molecule has 27 heavy (non-hydrogen) atoms. The fourth-order valence-corrected chi connectivity index (χ4v) is 3.34. The van der Waals surface area contributed by atoms with Crippen LogP contribution in [0.1, 0.15) is 12.8 Å². The van der Waals surface area contributed by atoms with E-state index in [4.69, 9.17) is 4.74 Å². The normalized spacial score (nSPS) is 16.7. The fourth-order valence-electron chi connectivity index (χ4n) is 3.01. The van der Waals surface area contributed by atoms with Crippen LogP contribution in [-0.4, -0.2) is 36.4 Å². The Morgan fingerprint density at radius 3 is 2.74 bits per heavy atom. The summed E-state index contributed by atoms with van der Waals surface area (Å²) in [7, 11) is 0. The van der Waals surface area contributed by atoms with Crippen LogP contribution in [0.2, 0.25) is 0 Å². The second-order valence-corrected chi connectivity index (χ2v) is 7.31. The minimum absolute atomic E-state index is 0.0296. The minimum atomic E-state index is -0.532. The fraction of sp³-hybridized carbons (Fsp3) is 0.300. The van der Waals surface area contributed by atoms with Crippen LogP contribution in [0.15, 0.2) is 53.0 Å². The van der Waals surface area contributed by atoms with Crippen LogP contribution in [0.25, 0.3) is 0 Å². The van der Waals surface area contributed by atoms with E-state index in [1.165, 1.54) is 12.1 Å². The molecule has 2 aromatic rings. The van der Waals surface area contributed by atoms with Gasteiger partial charge in [0, 0.05) is 23.2 Å². The standard InChI is InChI=1S/C20H20BrFN2O3/c21-15-8-9-18(17(22)11-15)27-13-19(25)24-10-4-5-14(12-24)20(26)23-16-6-2-1-3-7-16/h1-3,6-9,11,14H,4-5,10,12-13H2,(H,23,26)/t14-/m1/s1. The second-order valence-electron chi connectivity index (χ2n) is 6.40. The number of anilines is 1. The van der Waals surface area contributed by atoms with E-state index in [1.54, 1.807) is 11.0 Å². The topological polar surface area (TPSA) is 58.6 Å². The van der Waals surface area contributed by atoms with E-state index in [9.17, 15) is 14.0 Å². The van der Waals surface area contributed by atoms with Crippen LogP contribution in [0.4, 0.5) is 10.1 Å². The summed E-state index contributed by atoms with van der Waals surface area (Å²) in [5.74, 6) is -1.13. The third kappa shape index (κ3) is 5.29. The molecule has 1 heterocycles. The van der Waals surface area contributed by atoms with Gasteiger partial charge in [-0.15, -0.1) is 0 Å². The predicted octanol–water partition coefficient (Wildman–Crippen LogP) is 3.84. The maximum atomic E-state index is 13.8. The maximum absolute atomic E-state index is 13.8. The lowest BCUT2D eigenvalue weighted by Gasteiger charge is -2.32. The van der Waals surface area contributed by atoms with Crippen LogP contribution >= 0.6 is 15.9 Å². The number of carbonyl (C=O) groups is 2. The summed E-state index contributed by atoms with van der Waals surface area (Å²) < 4.78 is 19.7. The molecule has 1 saturated heterocycles. The minimum Gasteiger partial charge on any atom is -0.481 e. The van der Waals surface area contributed by atoms with Crippen molar-refractivity contribution in [2.24, 2.45) is 5.92 Å². The molecule has 0 bridgehead atoms. The lowest BCUT2D eigenvalue weighted by atomic mass is 9.97. The van der Waals surface area contributed by atoms with Gasteiger partial charge in [-0.25, -0.2) is 4.39 Å². The summed E-state index contributed by atoms with van der Waals surface area (Å²) in [6.07, 6.45) is 1.47. The number of likely N-dealkylation sites (tertiary alicyclic amines) is 1. The van der Waals surface area contributed by atoms with Gasteiger partial charge in [0.25, 0.3) is 5.91 Å². The molecular weight excluding hydrogens is 415 g/mol. The summed E-state index contributed by atoms with van der Waals surface area (Å²) in [4.78, 5) is 26.5. The molecule has 3 rings (SSSR count). The molecule has 1 fully saturated rings. The van der Waals surface area contributed by atoms with Crippen LogP contribution in [0, 0.1) is 11.7 Å². The molecule has 0 radical (unpaired) electrons. The largest absolute Gasteiger partial charge is 0.481 e. The van der Waals surface area contributed by atoms with Crippen molar-refractivity contribution in [3.63, 3.8) is 0 Å². The number of halogens is 2. The van der Waals surface area contributed by atoms with E-state index in [1.807, 2.05) is 30.3 Å². The number of amides is 2. The van der Waals surface area contributed by atoms with Gasteiger partial charge in [0.1, 0.15) is 0 Å². The number of carbonyl (C=O) groups excluding carboxylic acids is 2.